The van der Waals surface area contributed by atoms with Gasteiger partial charge in [-0.1, -0.05) is 0 Å². The fraction of sp³-hybridized carbons (Fsp3) is 0.500. The Bertz CT molecular complexity index is 422. The minimum Gasteiger partial charge on any atom is -0.496 e. The summed E-state index contributed by atoms with van der Waals surface area (Å²) in [5.41, 5.74) is 0.820. The van der Waals surface area contributed by atoms with Crippen LogP contribution in [0.4, 0.5) is 0 Å². The summed E-state index contributed by atoms with van der Waals surface area (Å²) in [4.78, 5) is 11.3. The van der Waals surface area contributed by atoms with Crippen molar-refractivity contribution >= 4 is 5.97 Å². The van der Waals surface area contributed by atoms with Crippen LogP contribution in [0.1, 0.15) is 12.5 Å². The second-order valence-electron chi connectivity index (χ2n) is 3.92. The van der Waals surface area contributed by atoms with Crippen molar-refractivity contribution in [2.24, 2.45) is 0 Å². The predicted molar refractivity (Wildman–Crippen MR) is 74.4 cm³/mol. The molecule has 112 valence electrons. The third kappa shape index (κ3) is 4.31. The van der Waals surface area contributed by atoms with Crippen LogP contribution in [-0.4, -0.2) is 40.5 Å². The highest BCUT2D eigenvalue weighted by Crippen LogP contribution is 2.33. The summed E-state index contributed by atoms with van der Waals surface area (Å²) in [5, 5.41) is 3.00. The standard InChI is InChI=1S/C14H21NO5/c1-5-20-14(16)9-15-8-11-12(18-3)6-10(17-2)7-13(11)19-4/h6-7,15H,5,8-9H2,1-4H3. The highest BCUT2D eigenvalue weighted by atomic mass is 16.5. The molecule has 6 nitrogen and oxygen atoms in total. The van der Waals surface area contributed by atoms with Gasteiger partial charge in [0, 0.05) is 18.7 Å². The molecular formula is C14H21NO5. The molecule has 0 aromatic heterocycles. The van der Waals surface area contributed by atoms with Crippen LogP contribution in [0, 0.1) is 0 Å². The van der Waals surface area contributed by atoms with Crippen LogP contribution < -0.4 is 19.5 Å². The lowest BCUT2D eigenvalue weighted by molar-refractivity contribution is -0.142. The number of hydrogen-bond acceptors (Lipinski definition) is 6. The Morgan fingerprint density at radius 2 is 1.70 bits per heavy atom. The van der Waals surface area contributed by atoms with Crippen molar-refractivity contribution in [3.63, 3.8) is 0 Å². The van der Waals surface area contributed by atoms with Gasteiger partial charge in [0.15, 0.2) is 0 Å². The van der Waals surface area contributed by atoms with Gasteiger partial charge in [0.1, 0.15) is 17.2 Å². The van der Waals surface area contributed by atoms with Crippen LogP contribution in [0.3, 0.4) is 0 Å². The number of rotatable bonds is 8. The largest absolute Gasteiger partial charge is 0.496 e. The third-order valence-corrected chi connectivity index (χ3v) is 2.69. The SMILES string of the molecule is CCOC(=O)CNCc1c(OC)cc(OC)cc1OC. The second-order valence-corrected chi connectivity index (χ2v) is 3.92. The molecule has 1 aromatic rings. The average Bonchev–Trinajstić information content (AvgIpc) is 2.47. The van der Waals surface area contributed by atoms with Crippen LogP contribution in [0.15, 0.2) is 12.1 Å². The van der Waals surface area contributed by atoms with E-state index in [1.165, 1.54) is 0 Å². The molecule has 0 saturated carbocycles. The van der Waals surface area contributed by atoms with Crippen molar-refractivity contribution in [2.75, 3.05) is 34.5 Å². The molecule has 1 rings (SSSR count). The lowest BCUT2D eigenvalue weighted by atomic mass is 10.1. The van der Waals surface area contributed by atoms with E-state index in [9.17, 15) is 4.79 Å². The maximum atomic E-state index is 11.3. The molecule has 0 aliphatic rings. The minimum atomic E-state index is -0.293. The van der Waals surface area contributed by atoms with E-state index in [1.54, 1.807) is 40.4 Å². The van der Waals surface area contributed by atoms with Crippen molar-refractivity contribution in [1.29, 1.82) is 0 Å². The van der Waals surface area contributed by atoms with E-state index < -0.39 is 0 Å². The Balaban J connectivity index is 2.79. The van der Waals surface area contributed by atoms with Crippen LogP contribution in [-0.2, 0) is 16.1 Å². The average molecular weight is 283 g/mol. The van der Waals surface area contributed by atoms with Gasteiger partial charge in [0.2, 0.25) is 0 Å². The molecule has 0 aliphatic carbocycles. The number of carbonyl (C=O) groups excluding carboxylic acids is 1. The van der Waals surface area contributed by atoms with Crippen LogP contribution in [0.5, 0.6) is 17.2 Å². The van der Waals surface area contributed by atoms with Gasteiger partial charge >= 0.3 is 5.97 Å². The topological polar surface area (TPSA) is 66.0 Å². The summed E-state index contributed by atoms with van der Waals surface area (Å²) in [6, 6.07) is 3.54. The summed E-state index contributed by atoms with van der Waals surface area (Å²) in [7, 11) is 4.72. The predicted octanol–water partition coefficient (Wildman–Crippen LogP) is 1.37. The molecule has 1 aromatic carbocycles. The van der Waals surface area contributed by atoms with Crippen molar-refractivity contribution in [1.82, 2.24) is 5.32 Å². The Morgan fingerprint density at radius 1 is 1.10 bits per heavy atom. The smallest absolute Gasteiger partial charge is 0.319 e. The maximum absolute atomic E-state index is 11.3. The minimum absolute atomic E-state index is 0.131. The van der Waals surface area contributed by atoms with Crippen molar-refractivity contribution in [3.8, 4) is 17.2 Å². The molecule has 0 aliphatic heterocycles. The van der Waals surface area contributed by atoms with E-state index in [2.05, 4.69) is 5.32 Å². The Morgan fingerprint density at radius 3 is 2.15 bits per heavy atom. The van der Waals surface area contributed by atoms with Crippen molar-refractivity contribution in [2.45, 2.75) is 13.5 Å². The summed E-state index contributed by atoms with van der Waals surface area (Å²) in [5.74, 6) is 1.63. The number of carbonyl (C=O) groups is 1. The first kappa shape index (κ1) is 16.1. The van der Waals surface area contributed by atoms with E-state index >= 15 is 0 Å². The van der Waals surface area contributed by atoms with Crippen LogP contribution in [0.2, 0.25) is 0 Å². The van der Waals surface area contributed by atoms with Gasteiger partial charge < -0.3 is 24.3 Å². The second kappa shape index (κ2) is 8.27. The third-order valence-electron chi connectivity index (χ3n) is 2.69. The van der Waals surface area contributed by atoms with Gasteiger partial charge in [-0.25, -0.2) is 0 Å². The number of nitrogens with one attached hydrogen (secondary N) is 1. The summed E-state index contributed by atoms with van der Waals surface area (Å²) < 4.78 is 20.7. The number of methoxy groups -OCH3 is 3. The van der Waals surface area contributed by atoms with Gasteiger partial charge in [0.25, 0.3) is 0 Å². The van der Waals surface area contributed by atoms with Gasteiger partial charge in [-0.3, -0.25) is 4.79 Å². The summed E-state index contributed by atoms with van der Waals surface area (Å²) in [6.07, 6.45) is 0. The quantitative estimate of drug-likeness (QED) is 0.727. The van der Waals surface area contributed by atoms with E-state index in [0.717, 1.165) is 5.56 Å². The number of benzene rings is 1. The van der Waals surface area contributed by atoms with Crippen molar-refractivity contribution in [3.05, 3.63) is 17.7 Å². The molecule has 0 spiro atoms. The zero-order chi connectivity index (χ0) is 15.0. The summed E-state index contributed by atoms with van der Waals surface area (Å²) >= 11 is 0. The van der Waals surface area contributed by atoms with Crippen molar-refractivity contribution < 1.29 is 23.7 Å². The molecule has 6 heteroatoms. The lowest BCUT2D eigenvalue weighted by Gasteiger charge is -2.15. The molecule has 20 heavy (non-hydrogen) atoms. The number of ether oxygens (including phenoxy) is 4. The van der Waals surface area contributed by atoms with Gasteiger partial charge in [-0.2, -0.15) is 0 Å². The maximum Gasteiger partial charge on any atom is 0.319 e. The molecule has 0 heterocycles. The van der Waals surface area contributed by atoms with Crippen LogP contribution in [0.25, 0.3) is 0 Å². The molecule has 0 unspecified atom stereocenters. The molecule has 0 atom stereocenters. The Labute approximate surface area is 119 Å². The number of hydrogen-bond donors (Lipinski definition) is 1. The Kier molecular flexibility index (Phi) is 6.66. The first-order chi connectivity index (χ1) is 9.65. The monoisotopic (exact) mass is 283 g/mol. The normalized spacial score (nSPS) is 10.0. The highest BCUT2D eigenvalue weighted by molar-refractivity contribution is 5.71. The first-order valence-electron chi connectivity index (χ1n) is 6.31. The molecule has 1 N–H and O–H groups in total. The first-order valence-corrected chi connectivity index (χ1v) is 6.31. The zero-order valence-electron chi connectivity index (χ0n) is 12.3. The molecular weight excluding hydrogens is 262 g/mol. The zero-order valence-corrected chi connectivity index (χ0v) is 12.3. The highest BCUT2D eigenvalue weighted by Gasteiger charge is 2.13. The molecule has 0 amide bonds. The van der Waals surface area contributed by atoms with E-state index in [0.29, 0.717) is 30.4 Å². The lowest BCUT2D eigenvalue weighted by Crippen LogP contribution is -2.24. The van der Waals surface area contributed by atoms with Gasteiger partial charge in [-0.15, -0.1) is 0 Å². The fourth-order valence-corrected chi connectivity index (χ4v) is 1.75. The molecule has 0 fully saturated rings. The van der Waals surface area contributed by atoms with E-state index in [4.69, 9.17) is 18.9 Å². The molecule has 0 saturated heterocycles. The Hall–Kier alpha value is -1.95. The van der Waals surface area contributed by atoms with E-state index in [1.807, 2.05) is 0 Å². The fourth-order valence-electron chi connectivity index (χ4n) is 1.75. The molecule has 0 bridgehead atoms. The van der Waals surface area contributed by atoms with Gasteiger partial charge in [-0.05, 0) is 6.92 Å². The number of esters is 1. The van der Waals surface area contributed by atoms with Gasteiger partial charge in [0.05, 0.1) is 40.0 Å². The summed E-state index contributed by atoms with van der Waals surface area (Å²) in [6.45, 7) is 2.70. The van der Waals surface area contributed by atoms with E-state index in [-0.39, 0.29) is 12.5 Å². The molecule has 0 radical (unpaired) electrons. The van der Waals surface area contributed by atoms with Crippen LogP contribution >= 0.6 is 0 Å².